The van der Waals surface area contributed by atoms with Crippen LogP contribution < -0.4 is 0 Å². The second-order valence-corrected chi connectivity index (χ2v) is 13.3. The fourth-order valence-corrected chi connectivity index (χ4v) is 8.40. The Morgan fingerprint density at radius 2 is 0.882 bits per heavy atom. The van der Waals surface area contributed by atoms with E-state index in [0.717, 1.165) is 38.9 Å². The van der Waals surface area contributed by atoms with Gasteiger partial charge in [-0.1, -0.05) is 121 Å². The number of benzene rings is 8. The fraction of sp³-hybridized carbons (Fsp3) is 0. The van der Waals surface area contributed by atoms with Gasteiger partial charge in [0.05, 0.1) is 22.1 Å². The standard InChI is InChI=1S/C48H30N2O/c1-3-14-32(15-4-1)49-41-24-9-7-18-35(41)40-30-31(28-29-43(40)49)34-20-13-27-45-47(34)39-23-11-22-37(48(39)51-45)36-21-12-26-44-46(36)38-19-8-10-25-42(38)50(44)33-16-5-2-6-17-33/h1-30H. The van der Waals surface area contributed by atoms with Gasteiger partial charge in [-0.15, -0.1) is 0 Å². The van der Waals surface area contributed by atoms with Gasteiger partial charge in [-0.05, 0) is 77.4 Å². The smallest absolute Gasteiger partial charge is 0.143 e. The van der Waals surface area contributed by atoms with Crippen LogP contribution in [0.25, 0.3) is 99.2 Å². The Kier molecular flexibility index (Phi) is 5.96. The Balaban J connectivity index is 1.15. The summed E-state index contributed by atoms with van der Waals surface area (Å²) in [5.41, 5.74) is 13.5. The molecule has 0 unspecified atom stereocenters. The largest absolute Gasteiger partial charge is 0.455 e. The molecule has 0 aliphatic rings. The molecule has 0 spiro atoms. The molecule has 3 aromatic heterocycles. The van der Waals surface area contributed by atoms with E-state index in [0.29, 0.717) is 0 Å². The van der Waals surface area contributed by atoms with Gasteiger partial charge in [-0.25, -0.2) is 0 Å². The van der Waals surface area contributed by atoms with Crippen LogP contribution in [0.5, 0.6) is 0 Å². The maximum absolute atomic E-state index is 6.86. The lowest BCUT2D eigenvalue weighted by molar-refractivity contribution is 0.670. The number of hydrogen-bond acceptors (Lipinski definition) is 1. The molecule has 3 heterocycles. The highest BCUT2D eigenvalue weighted by molar-refractivity contribution is 6.21. The van der Waals surface area contributed by atoms with E-state index in [4.69, 9.17) is 4.42 Å². The highest BCUT2D eigenvalue weighted by Gasteiger charge is 2.21. The minimum absolute atomic E-state index is 0.889. The molecule has 0 amide bonds. The molecular weight excluding hydrogens is 621 g/mol. The SMILES string of the molecule is c1ccc(-n2c3ccccc3c3cc(-c4cccc5oc6c(-c7cccc8c7c7ccccc7n8-c7ccccc7)cccc6c45)ccc32)cc1. The summed E-state index contributed by atoms with van der Waals surface area (Å²) in [6, 6.07) is 65.2. The maximum Gasteiger partial charge on any atom is 0.143 e. The lowest BCUT2D eigenvalue weighted by Gasteiger charge is -2.09. The normalized spacial score (nSPS) is 11.9. The second-order valence-electron chi connectivity index (χ2n) is 13.3. The minimum Gasteiger partial charge on any atom is -0.455 e. The fourth-order valence-electron chi connectivity index (χ4n) is 8.40. The van der Waals surface area contributed by atoms with Crippen molar-refractivity contribution in [3.05, 3.63) is 182 Å². The molecule has 51 heavy (non-hydrogen) atoms. The number of aromatic nitrogens is 2. The number of nitrogens with zero attached hydrogens (tertiary/aromatic N) is 2. The highest BCUT2D eigenvalue weighted by Crippen LogP contribution is 2.45. The Labute approximate surface area is 293 Å². The Bertz CT molecular complexity index is 3130. The van der Waals surface area contributed by atoms with Crippen molar-refractivity contribution in [2.24, 2.45) is 0 Å². The zero-order chi connectivity index (χ0) is 33.5. The van der Waals surface area contributed by atoms with E-state index < -0.39 is 0 Å². The number of para-hydroxylation sites is 5. The van der Waals surface area contributed by atoms with Crippen molar-refractivity contribution in [3.63, 3.8) is 0 Å². The third-order valence-electron chi connectivity index (χ3n) is 10.5. The second kappa shape index (κ2) is 10.8. The average Bonchev–Trinajstić information content (AvgIpc) is 3.86. The first kappa shape index (κ1) is 28.0. The van der Waals surface area contributed by atoms with Crippen LogP contribution in [0.4, 0.5) is 0 Å². The molecule has 0 aliphatic carbocycles. The van der Waals surface area contributed by atoms with Gasteiger partial charge < -0.3 is 13.6 Å². The number of fused-ring (bicyclic) bond motifs is 9. The summed E-state index contributed by atoms with van der Waals surface area (Å²) in [4.78, 5) is 0. The highest BCUT2D eigenvalue weighted by atomic mass is 16.3. The first-order valence-corrected chi connectivity index (χ1v) is 17.4. The number of furan rings is 1. The van der Waals surface area contributed by atoms with Crippen LogP contribution in [0, 0.1) is 0 Å². The van der Waals surface area contributed by atoms with Gasteiger partial charge in [0.25, 0.3) is 0 Å². The van der Waals surface area contributed by atoms with E-state index in [2.05, 4.69) is 191 Å². The molecule has 0 fully saturated rings. The van der Waals surface area contributed by atoms with E-state index in [9.17, 15) is 0 Å². The summed E-state index contributed by atoms with van der Waals surface area (Å²) in [6.07, 6.45) is 0. The Morgan fingerprint density at radius 1 is 0.333 bits per heavy atom. The zero-order valence-electron chi connectivity index (χ0n) is 27.6. The number of hydrogen-bond donors (Lipinski definition) is 0. The van der Waals surface area contributed by atoms with Gasteiger partial charge in [-0.2, -0.15) is 0 Å². The van der Waals surface area contributed by atoms with E-state index in [1.54, 1.807) is 0 Å². The Hall–Kier alpha value is -6.84. The third kappa shape index (κ3) is 4.06. The number of rotatable bonds is 4. The predicted octanol–water partition coefficient (Wildman–Crippen LogP) is 13.1. The van der Waals surface area contributed by atoms with Crippen molar-refractivity contribution in [2.45, 2.75) is 0 Å². The van der Waals surface area contributed by atoms with Gasteiger partial charge in [0.15, 0.2) is 0 Å². The van der Waals surface area contributed by atoms with Crippen molar-refractivity contribution in [1.29, 1.82) is 0 Å². The maximum atomic E-state index is 6.86. The van der Waals surface area contributed by atoms with Crippen molar-refractivity contribution in [3.8, 4) is 33.6 Å². The van der Waals surface area contributed by atoms with Gasteiger partial charge in [0.1, 0.15) is 11.2 Å². The summed E-state index contributed by atoms with van der Waals surface area (Å²) in [5.74, 6) is 0. The van der Waals surface area contributed by atoms with Crippen molar-refractivity contribution in [1.82, 2.24) is 9.13 Å². The molecule has 3 heteroatoms. The molecule has 11 rings (SSSR count). The summed E-state index contributed by atoms with van der Waals surface area (Å²) >= 11 is 0. The van der Waals surface area contributed by atoms with Crippen LogP contribution in [0.1, 0.15) is 0 Å². The molecule has 0 bridgehead atoms. The van der Waals surface area contributed by atoms with Crippen LogP contribution in [0.3, 0.4) is 0 Å². The topological polar surface area (TPSA) is 23.0 Å². The monoisotopic (exact) mass is 650 g/mol. The molecule has 0 N–H and O–H groups in total. The molecule has 0 saturated heterocycles. The van der Waals surface area contributed by atoms with Crippen LogP contribution >= 0.6 is 0 Å². The van der Waals surface area contributed by atoms with E-state index in [1.807, 2.05) is 0 Å². The van der Waals surface area contributed by atoms with E-state index in [-0.39, 0.29) is 0 Å². The molecule has 238 valence electrons. The average molecular weight is 651 g/mol. The summed E-state index contributed by atoms with van der Waals surface area (Å²) in [6.45, 7) is 0. The lowest BCUT2D eigenvalue weighted by Crippen LogP contribution is -1.92. The summed E-state index contributed by atoms with van der Waals surface area (Å²) in [7, 11) is 0. The van der Waals surface area contributed by atoms with E-state index in [1.165, 1.54) is 60.3 Å². The van der Waals surface area contributed by atoms with Gasteiger partial charge in [-0.3, -0.25) is 0 Å². The molecule has 0 aliphatic heterocycles. The lowest BCUT2D eigenvalue weighted by atomic mass is 9.95. The zero-order valence-corrected chi connectivity index (χ0v) is 27.6. The molecular formula is C48H30N2O. The van der Waals surface area contributed by atoms with Gasteiger partial charge >= 0.3 is 0 Å². The molecule has 0 radical (unpaired) electrons. The first-order chi connectivity index (χ1) is 25.3. The van der Waals surface area contributed by atoms with E-state index >= 15 is 0 Å². The van der Waals surface area contributed by atoms with Crippen LogP contribution in [-0.2, 0) is 0 Å². The predicted molar refractivity (Wildman–Crippen MR) is 213 cm³/mol. The van der Waals surface area contributed by atoms with Crippen molar-refractivity contribution in [2.75, 3.05) is 0 Å². The molecule has 0 saturated carbocycles. The summed E-state index contributed by atoms with van der Waals surface area (Å²) in [5, 5.41) is 7.19. The van der Waals surface area contributed by atoms with Gasteiger partial charge in [0, 0.05) is 49.3 Å². The molecule has 11 aromatic rings. The van der Waals surface area contributed by atoms with Crippen molar-refractivity contribution < 1.29 is 4.42 Å². The molecule has 8 aromatic carbocycles. The Morgan fingerprint density at radius 3 is 1.67 bits per heavy atom. The third-order valence-corrected chi connectivity index (χ3v) is 10.5. The molecule has 0 atom stereocenters. The summed E-state index contributed by atoms with van der Waals surface area (Å²) < 4.78 is 11.6. The van der Waals surface area contributed by atoms with Crippen molar-refractivity contribution >= 4 is 65.6 Å². The molecule has 3 nitrogen and oxygen atoms in total. The minimum atomic E-state index is 0.889. The van der Waals surface area contributed by atoms with Crippen LogP contribution in [0.2, 0.25) is 0 Å². The quantitative estimate of drug-likeness (QED) is 0.186. The van der Waals surface area contributed by atoms with Crippen LogP contribution in [0.15, 0.2) is 186 Å². The van der Waals surface area contributed by atoms with Crippen LogP contribution in [-0.4, -0.2) is 9.13 Å². The first-order valence-electron chi connectivity index (χ1n) is 17.4. The van der Waals surface area contributed by atoms with Gasteiger partial charge in [0.2, 0.25) is 0 Å².